The van der Waals surface area contributed by atoms with Gasteiger partial charge in [0.1, 0.15) is 0 Å². The van der Waals surface area contributed by atoms with Crippen LogP contribution in [0.3, 0.4) is 0 Å². The molecule has 110 valence electrons. The number of thiocarbonyl (C=S) groups is 1. The zero-order chi connectivity index (χ0) is 14.9. The first-order chi connectivity index (χ1) is 10.8. The molecule has 2 heterocycles. The zero-order valence-corrected chi connectivity index (χ0v) is 13.0. The highest BCUT2D eigenvalue weighted by Gasteiger charge is 2.22. The topological polar surface area (TPSA) is 31.1 Å². The summed E-state index contributed by atoms with van der Waals surface area (Å²) in [5.74, 6) is 0. The fourth-order valence-electron chi connectivity index (χ4n) is 3.06. The lowest BCUT2D eigenvalue weighted by atomic mass is 10.1. The van der Waals surface area contributed by atoms with Crippen LogP contribution in [-0.4, -0.2) is 21.5 Å². The molecule has 0 saturated carbocycles. The van der Waals surface area contributed by atoms with Crippen molar-refractivity contribution in [3.8, 4) is 0 Å². The van der Waals surface area contributed by atoms with E-state index in [0.29, 0.717) is 0 Å². The molecule has 4 rings (SSSR count). The third-order valence-electron chi connectivity index (χ3n) is 4.19. The number of hydrogen-bond acceptors (Lipinski definition) is 1. The van der Waals surface area contributed by atoms with E-state index in [2.05, 4.69) is 39.5 Å². The molecule has 0 unspecified atom stereocenters. The Kier molecular flexibility index (Phi) is 3.31. The van der Waals surface area contributed by atoms with Crippen LogP contribution in [0, 0.1) is 0 Å². The second-order valence-electron chi connectivity index (χ2n) is 5.60. The minimum absolute atomic E-state index is 0.794. The lowest BCUT2D eigenvalue weighted by Crippen LogP contribution is -2.38. The lowest BCUT2D eigenvalue weighted by molar-refractivity contribution is 0.399. The summed E-state index contributed by atoms with van der Waals surface area (Å²) in [5.41, 5.74) is 4.98. The fourth-order valence-corrected chi connectivity index (χ4v) is 3.34. The van der Waals surface area contributed by atoms with Crippen LogP contribution in [0.15, 0.2) is 54.6 Å². The SMILES string of the molecule is S=C(Nc1ccccc1)N1CCc2[nH]c3ccccc3c2C1. The maximum atomic E-state index is 5.59. The molecule has 22 heavy (non-hydrogen) atoms. The van der Waals surface area contributed by atoms with Gasteiger partial charge in [-0.2, -0.15) is 0 Å². The Morgan fingerprint density at radius 3 is 2.68 bits per heavy atom. The van der Waals surface area contributed by atoms with Crippen LogP contribution in [0.1, 0.15) is 11.3 Å². The van der Waals surface area contributed by atoms with Crippen LogP contribution in [0.25, 0.3) is 10.9 Å². The summed E-state index contributed by atoms with van der Waals surface area (Å²) in [7, 11) is 0. The van der Waals surface area contributed by atoms with Gasteiger partial charge < -0.3 is 15.2 Å². The average Bonchev–Trinajstić information content (AvgIpc) is 2.93. The van der Waals surface area contributed by atoms with E-state index < -0.39 is 0 Å². The molecule has 0 aliphatic carbocycles. The molecule has 1 aliphatic rings. The second kappa shape index (κ2) is 5.46. The molecule has 3 aromatic rings. The summed E-state index contributed by atoms with van der Waals surface area (Å²) >= 11 is 5.59. The molecule has 0 atom stereocenters. The van der Waals surface area contributed by atoms with Crippen molar-refractivity contribution in [2.45, 2.75) is 13.0 Å². The maximum absolute atomic E-state index is 5.59. The van der Waals surface area contributed by atoms with E-state index in [-0.39, 0.29) is 0 Å². The van der Waals surface area contributed by atoms with Crippen LogP contribution in [0.2, 0.25) is 0 Å². The predicted molar refractivity (Wildman–Crippen MR) is 95.1 cm³/mol. The molecular weight excluding hydrogens is 290 g/mol. The number of H-pyrrole nitrogens is 1. The number of aromatic nitrogens is 1. The van der Waals surface area contributed by atoms with Crippen molar-refractivity contribution in [2.24, 2.45) is 0 Å². The Labute approximate surface area is 135 Å². The van der Waals surface area contributed by atoms with Gasteiger partial charge in [-0.05, 0) is 30.4 Å². The summed E-state index contributed by atoms with van der Waals surface area (Å²) < 4.78 is 0. The van der Waals surface area contributed by atoms with Gasteiger partial charge in [0.05, 0.1) is 0 Å². The number of nitrogens with zero attached hydrogens (tertiary/aromatic N) is 1. The standard InChI is InChI=1S/C18H17N3S/c22-18(19-13-6-2-1-3-7-13)21-11-10-17-15(12-21)14-8-4-5-9-16(14)20-17/h1-9,20H,10-12H2,(H,19,22). The van der Waals surface area contributed by atoms with Crippen molar-refractivity contribution in [3.05, 3.63) is 65.9 Å². The molecule has 2 aromatic carbocycles. The van der Waals surface area contributed by atoms with E-state index in [4.69, 9.17) is 12.2 Å². The summed E-state index contributed by atoms with van der Waals surface area (Å²) in [4.78, 5) is 5.78. The highest BCUT2D eigenvalue weighted by molar-refractivity contribution is 7.80. The Balaban J connectivity index is 1.57. The Morgan fingerprint density at radius 1 is 1.05 bits per heavy atom. The Morgan fingerprint density at radius 2 is 1.82 bits per heavy atom. The van der Waals surface area contributed by atoms with Gasteiger partial charge in [-0.1, -0.05) is 36.4 Å². The number of aromatic amines is 1. The summed E-state index contributed by atoms with van der Waals surface area (Å²) in [6.45, 7) is 1.80. The molecule has 3 nitrogen and oxygen atoms in total. The van der Waals surface area contributed by atoms with E-state index in [0.717, 1.165) is 30.3 Å². The predicted octanol–water partition coefficient (Wildman–Crippen LogP) is 3.92. The number of benzene rings is 2. The summed E-state index contributed by atoms with van der Waals surface area (Å²) in [6, 6.07) is 18.6. The largest absolute Gasteiger partial charge is 0.358 e. The van der Waals surface area contributed by atoms with Crippen molar-refractivity contribution in [1.82, 2.24) is 9.88 Å². The lowest BCUT2D eigenvalue weighted by Gasteiger charge is -2.29. The number of fused-ring (bicyclic) bond motifs is 3. The average molecular weight is 307 g/mol. The molecule has 0 fully saturated rings. The van der Waals surface area contributed by atoms with E-state index >= 15 is 0 Å². The van der Waals surface area contributed by atoms with Crippen LogP contribution in [0.5, 0.6) is 0 Å². The van der Waals surface area contributed by atoms with Crippen LogP contribution >= 0.6 is 12.2 Å². The van der Waals surface area contributed by atoms with Gasteiger partial charge in [-0.15, -0.1) is 0 Å². The molecule has 0 spiro atoms. The van der Waals surface area contributed by atoms with Crippen molar-refractivity contribution in [1.29, 1.82) is 0 Å². The third-order valence-corrected chi connectivity index (χ3v) is 4.56. The highest BCUT2D eigenvalue weighted by atomic mass is 32.1. The number of hydrogen-bond donors (Lipinski definition) is 2. The molecule has 2 N–H and O–H groups in total. The molecule has 1 aromatic heterocycles. The van der Waals surface area contributed by atoms with Crippen molar-refractivity contribution in [2.75, 3.05) is 11.9 Å². The molecule has 0 amide bonds. The minimum atomic E-state index is 0.794. The minimum Gasteiger partial charge on any atom is -0.358 e. The summed E-state index contributed by atoms with van der Waals surface area (Å²) in [5, 5.41) is 5.43. The smallest absolute Gasteiger partial charge is 0.173 e. The van der Waals surface area contributed by atoms with Gasteiger partial charge in [0.2, 0.25) is 0 Å². The molecule has 0 radical (unpaired) electrons. The van der Waals surface area contributed by atoms with E-state index in [1.807, 2.05) is 30.3 Å². The fraction of sp³-hybridized carbons (Fsp3) is 0.167. The van der Waals surface area contributed by atoms with Gasteiger partial charge in [0.25, 0.3) is 0 Å². The van der Waals surface area contributed by atoms with Crippen LogP contribution in [0.4, 0.5) is 5.69 Å². The van der Waals surface area contributed by atoms with Gasteiger partial charge in [0, 0.05) is 47.4 Å². The van der Waals surface area contributed by atoms with Gasteiger partial charge in [-0.25, -0.2) is 0 Å². The molecular formula is C18H17N3S. The van der Waals surface area contributed by atoms with Gasteiger partial charge >= 0.3 is 0 Å². The maximum Gasteiger partial charge on any atom is 0.173 e. The molecule has 0 bridgehead atoms. The Bertz CT molecular complexity index is 823. The van der Waals surface area contributed by atoms with Crippen molar-refractivity contribution < 1.29 is 0 Å². The van der Waals surface area contributed by atoms with Crippen LogP contribution in [-0.2, 0) is 13.0 Å². The zero-order valence-electron chi connectivity index (χ0n) is 12.2. The van der Waals surface area contributed by atoms with E-state index in [1.54, 1.807) is 0 Å². The monoisotopic (exact) mass is 307 g/mol. The first-order valence-corrected chi connectivity index (χ1v) is 7.91. The first-order valence-electron chi connectivity index (χ1n) is 7.51. The molecule has 1 aliphatic heterocycles. The van der Waals surface area contributed by atoms with E-state index in [1.165, 1.54) is 22.2 Å². The van der Waals surface area contributed by atoms with Crippen molar-refractivity contribution >= 4 is 33.9 Å². The number of para-hydroxylation sites is 2. The van der Waals surface area contributed by atoms with Gasteiger partial charge in [-0.3, -0.25) is 0 Å². The summed E-state index contributed by atoms with van der Waals surface area (Å²) in [6.07, 6.45) is 1.00. The normalized spacial score (nSPS) is 13.9. The van der Waals surface area contributed by atoms with Gasteiger partial charge in [0.15, 0.2) is 5.11 Å². The number of rotatable bonds is 1. The first kappa shape index (κ1) is 13.3. The second-order valence-corrected chi connectivity index (χ2v) is 5.98. The van der Waals surface area contributed by atoms with Crippen molar-refractivity contribution in [3.63, 3.8) is 0 Å². The number of nitrogens with one attached hydrogen (secondary N) is 2. The third kappa shape index (κ3) is 2.35. The molecule has 4 heteroatoms. The van der Waals surface area contributed by atoms with Crippen LogP contribution < -0.4 is 5.32 Å². The van der Waals surface area contributed by atoms with E-state index in [9.17, 15) is 0 Å². The Hall–Kier alpha value is -2.33. The quantitative estimate of drug-likeness (QED) is 0.668. The number of anilines is 1. The molecule has 0 saturated heterocycles. The highest BCUT2D eigenvalue weighted by Crippen LogP contribution is 2.27.